The molecule has 0 fully saturated rings. The number of benzene rings is 7. The summed E-state index contributed by atoms with van der Waals surface area (Å²) in [6.07, 6.45) is 1.51. The molecule has 14 aromatic rings. The van der Waals surface area contributed by atoms with E-state index in [0.29, 0.717) is 87.3 Å². The van der Waals surface area contributed by atoms with E-state index in [4.69, 9.17) is 110 Å². The van der Waals surface area contributed by atoms with Gasteiger partial charge in [0, 0.05) is 53.4 Å². The number of methoxy groups -OCH3 is 2. The van der Waals surface area contributed by atoms with Crippen LogP contribution in [0, 0.1) is 106 Å². The Morgan fingerprint density at radius 3 is 0.968 bits per heavy atom. The Morgan fingerprint density at radius 1 is 0.336 bits per heavy atom. The van der Waals surface area contributed by atoms with Gasteiger partial charge in [0.05, 0.1) is 60.0 Å². The van der Waals surface area contributed by atoms with Gasteiger partial charge in [-0.1, -0.05) is 114 Å². The van der Waals surface area contributed by atoms with E-state index in [1.807, 2.05) is 129 Å². The van der Waals surface area contributed by atoms with Gasteiger partial charge in [0.2, 0.25) is 0 Å². The van der Waals surface area contributed by atoms with Crippen molar-refractivity contribution in [1.29, 1.82) is 36.8 Å². The second-order valence-corrected chi connectivity index (χ2v) is 27.3. The summed E-state index contributed by atoms with van der Waals surface area (Å²) in [4.78, 5) is 0. The lowest BCUT2D eigenvalue weighted by molar-refractivity contribution is -0.275. The fraction of sp³-hybridized carbons (Fsp3) is 0.167. The van der Waals surface area contributed by atoms with E-state index in [-0.39, 0.29) is 82.3 Å². The van der Waals surface area contributed by atoms with Gasteiger partial charge in [-0.2, -0.15) is 72.5 Å². The molecule has 0 amide bonds. The van der Waals surface area contributed by atoms with Crippen LogP contribution < -0.4 is 59.1 Å². The van der Waals surface area contributed by atoms with Crippen molar-refractivity contribution in [2.24, 2.45) is 0 Å². The SMILES string of the molecule is COc1cc(Cn2cc(C#N)c(N)n2)ccc1C.COc1ccc(Cn2cc(C#N)c(N)n2)cc1.Cc1ccc(Cn2cc(C#N)c(N)n2)cc1.Cc1ccc(Cn2cc(C#N)c(N)n2)cc1F.N#Cc1cn(Cc2cc(Cl)ccc2Cl)nc1N.N#Cc1cn(Cc2ccc(OC(F)(F)F)cc2)nc1N.N#Cc1cn(Cc2cccc(OC(F)(F)F)c2)nc1N. The Balaban J connectivity index is 0.000000181. The molecule has 41 heteroatoms. The number of nitrogens with zero attached hydrogens (tertiary/aromatic N) is 21. The maximum absolute atomic E-state index is 13.3. The quantitative estimate of drug-likeness (QED) is 0.0392. The summed E-state index contributed by atoms with van der Waals surface area (Å²) in [6, 6.07) is 56.5. The van der Waals surface area contributed by atoms with E-state index in [1.165, 1.54) is 80.5 Å². The van der Waals surface area contributed by atoms with Crippen molar-refractivity contribution in [3.05, 3.63) is 305 Å². The molecule has 32 nitrogen and oxygen atoms in total. The Labute approximate surface area is 719 Å². The minimum Gasteiger partial charge on any atom is -0.497 e. The lowest BCUT2D eigenvalue weighted by atomic mass is 10.1. The highest BCUT2D eigenvalue weighted by Gasteiger charge is 2.32. The number of ether oxygens (including phenoxy) is 4. The second kappa shape index (κ2) is 43.9. The van der Waals surface area contributed by atoms with Crippen LogP contribution in [0.2, 0.25) is 10.0 Å². The van der Waals surface area contributed by atoms with E-state index >= 15 is 0 Å². The van der Waals surface area contributed by atoms with Crippen LogP contribution in [-0.4, -0.2) is 95.4 Å². The molecule has 0 atom stereocenters. The predicted octanol–water partition coefficient (Wildman–Crippen LogP) is 13.9. The van der Waals surface area contributed by atoms with Crippen LogP contribution in [0.5, 0.6) is 23.0 Å². The van der Waals surface area contributed by atoms with Gasteiger partial charge in [0.1, 0.15) is 110 Å². The first-order chi connectivity index (χ1) is 59.5. The van der Waals surface area contributed by atoms with Gasteiger partial charge in [-0.25, -0.2) is 4.39 Å². The molecular formula is C84H75Cl2F7N28O4. The highest BCUT2D eigenvalue weighted by atomic mass is 35.5. The van der Waals surface area contributed by atoms with Gasteiger partial charge in [-0.05, 0) is 138 Å². The summed E-state index contributed by atoms with van der Waals surface area (Å²) in [5.74, 6) is 2.22. The number of nitrogen functional groups attached to an aromatic ring is 7. The van der Waals surface area contributed by atoms with Crippen molar-refractivity contribution >= 4 is 63.9 Å². The first-order valence-corrected chi connectivity index (χ1v) is 37.1. The minimum atomic E-state index is -4.73. The number of halogens is 9. The van der Waals surface area contributed by atoms with Crippen molar-refractivity contribution in [3.63, 3.8) is 0 Å². The molecule has 7 aromatic carbocycles. The first kappa shape index (κ1) is 93.8. The molecule has 14 N–H and O–H groups in total. The number of aryl methyl sites for hydroxylation is 3. The Bertz CT molecular complexity index is 6340. The molecule has 0 aliphatic rings. The van der Waals surface area contributed by atoms with Gasteiger partial charge in [-0.3, -0.25) is 32.8 Å². The molecule has 0 radical (unpaired) electrons. The fourth-order valence-corrected chi connectivity index (χ4v) is 11.3. The third-order valence-electron chi connectivity index (χ3n) is 17.1. The number of nitrogens with two attached hydrogens (primary N) is 7. The van der Waals surface area contributed by atoms with Crippen LogP contribution in [0.4, 0.5) is 71.5 Å². The monoisotopic (exact) mass is 1740 g/mol. The number of aromatic nitrogens is 14. The number of anilines is 7. The van der Waals surface area contributed by atoms with Crippen molar-refractivity contribution < 1.29 is 49.7 Å². The zero-order chi connectivity index (χ0) is 91.2. The lowest BCUT2D eigenvalue weighted by Gasteiger charge is -2.10. The van der Waals surface area contributed by atoms with E-state index in [9.17, 15) is 30.7 Å². The Morgan fingerprint density at radius 2 is 0.640 bits per heavy atom. The van der Waals surface area contributed by atoms with Crippen LogP contribution in [0.15, 0.2) is 195 Å². The number of rotatable bonds is 18. The number of hydrogen-bond donors (Lipinski definition) is 7. The summed E-state index contributed by atoms with van der Waals surface area (Å²) < 4.78 is 114. The molecule has 0 aliphatic heterocycles. The average Bonchev–Trinajstić information content (AvgIpc) is 1.30. The molecule has 7 heterocycles. The van der Waals surface area contributed by atoms with E-state index < -0.39 is 12.7 Å². The van der Waals surface area contributed by atoms with Gasteiger partial charge in [0.25, 0.3) is 0 Å². The molecule has 0 spiro atoms. The molecule has 14 rings (SSSR count). The summed E-state index contributed by atoms with van der Waals surface area (Å²) in [5.41, 5.74) is 50.2. The molecule has 0 saturated carbocycles. The summed E-state index contributed by atoms with van der Waals surface area (Å²) in [6.45, 7) is 8.79. The number of nitriles is 7. The Hall–Kier alpha value is -16.7. The standard InChI is InChI=1S/C13H14N4O.2C12H9F3N4O.C12H11FN4.C12H12N4O.C12H12N4.C11H8Cl2N4/c1-9-3-4-10(5-12(9)18-2)7-17-8-11(6-14)13(15)16-17;13-12(14,15)20-10-3-1-8(2-4-10)6-19-7-9(5-16)11(17)18-19;13-12(14,15)20-10-3-1-2-8(4-10)6-19-7-9(5-16)11(17)18-19;1-8-2-3-9(4-11(8)13)6-17-7-10(5-14)12(15)16-17;1-17-11-4-2-9(3-5-11)7-16-8-10(6-13)12(14)15-16;1-9-2-4-10(5-3-9)7-16-8-11(6-13)12(14)15-16;12-9-1-2-10(13)7(3-9)5-17-6-8(4-14)11(15)16-17/h3-5,8H,7H2,1-2H3,(H2,15,16);2*1-4,7H,6H2,(H2,17,18);2-4,7H,6H2,1H3,(H2,15,16);2-5,8H,7H2,1H3,(H2,14,15);2-5,8H,7H2,1H3,(H2,14,15);1-3,6H,5H2,(H2,15,16). The largest absolute Gasteiger partial charge is 0.573 e. The van der Waals surface area contributed by atoms with Gasteiger partial charge in [0.15, 0.2) is 40.7 Å². The van der Waals surface area contributed by atoms with Gasteiger partial charge >= 0.3 is 12.7 Å². The molecule has 638 valence electrons. The summed E-state index contributed by atoms with van der Waals surface area (Å²) >= 11 is 11.9. The number of alkyl halides is 6. The highest BCUT2D eigenvalue weighted by Crippen LogP contribution is 2.28. The van der Waals surface area contributed by atoms with Crippen LogP contribution >= 0.6 is 23.2 Å². The van der Waals surface area contributed by atoms with Crippen molar-refractivity contribution in [2.45, 2.75) is 79.3 Å². The minimum absolute atomic E-state index is 0.0789. The zero-order valence-electron chi connectivity index (χ0n) is 66.9. The fourth-order valence-electron chi connectivity index (χ4n) is 10.9. The smallest absolute Gasteiger partial charge is 0.497 e. The topological polar surface area (TPSA) is 510 Å². The van der Waals surface area contributed by atoms with E-state index in [1.54, 1.807) is 101 Å². The van der Waals surface area contributed by atoms with Crippen molar-refractivity contribution in [3.8, 4) is 65.5 Å². The maximum atomic E-state index is 13.3. The molecule has 125 heavy (non-hydrogen) atoms. The van der Waals surface area contributed by atoms with Crippen molar-refractivity contribution in [2.75, 3.05) is 54.4 Å². The van der Waals surface area contributed by atoms with Crippen LogP contribution in [0.25, 0.3) is 0 Å². The van der Waals surface area contributed by atoms with Gasteiger partial charge < -0.3 is 59.1 Å². The van der Waals surface area contributed by atoms with E-state index in [2.05, 4.69) is 45.2 Å². The third-order valence-corrected chi connectivity index (χ3v) is 17.7. The molecule has 0 bridgehead atoms. The lowest BCUT2D eigenvalue weighted by Crippen LogP contribution is -2.17. The van der Waals surface area contributed by atoms with Crippen LogP contribution in [-0.2, 0) is 45.8 Å². The van der Waals surface area contributed by atoms with Crippen LogP contribution in [0.3, 0.4) is 0 Å². The second-order valence-electron chi connectivity index (χ2n) is 26.5. The molecule has 0 aliphatic carbocycles. The third kappa shape index (κ3) is 29.1. The van der Waals surface area contributed by atoms with E-state index in [0.717, 1.165) is 44.9 Å². The average molecular weight is 1740 g/mol. The van der Waals surface area contributed by atoms with Crippen LogP contribution in [0.1, 0.15) is 94.6 Å². The molecule has 0 unspecified atom stereocenters. The van der Waals surface area contributed by atoms with Crippen molar-refractivity contribution in [1.82, 2.24) is 68.5 Å². The highest BCUT2D eigenvalue weighted by molar-refractivity contribution is 6.33. The molecule has 7 aromatic heterocycles. The maximum Gasteiger partial charge on any atom is 0.573 e. The summed E-state index contributed by atoms with van der Waals surface area (Å²) in [5, 5.41) is 90.5. The Kier molecular flexibility index (Phi) is 32.9. The first-order valence-electron chi connectivity index (χ1n) is 36.3. The zero-order valence-corrected chi connectivity index (χ0v) is 68.4. The number of hydrogen-bond acceptors (Lipinski definition) is 25. The predicted molar refractivity (Wildman–Crippen MR) is 449 cm³/mol. The van der Waals surface area contributed by atoms with Gasteiger partial charge in [-0.15, -0.1) is 26.3 Å². The molecule has 0 saturated heterocycles. The molecular weight excluding hydrogens is 1670 g/mol. The normalized spacial score (nSPS) is 10.4. The summed E-state index contributed by atoms with van der Waals surface area (Å²) in [7, 11) is 3.27.